The summed E-state index contributed by atoms with van der Waals surface area (Å²) in [7, 11) is 0. The van der Waals surface area contributed by atoms with Crippen molar-refractivity contribution < 1.29 is 9.53 Å². The summed E-state index contributed by atoms with van der Waals surface area (Å²) in [6.45, 7) is 6.32. The highest BCUT2D eigenvalue weighted by molar-refractivity contribution is 7.99. The molecule has 0 unspecified atom stereocenters. The standard InChI is InChI=1S/C13H18O2S/c1-4-16-8-7-15-13-6-5-10(2)9-12(13)11(3)14/h5-6,9H,4,7-8H2,1-3H3. The van der Waals surface area contributed by atoms with Gasteiger partial charge in [-0.25, -0.2) is 0 Å². The maximum atomic E-state index is 11.4. The third-order valence-corrected chi connectivity index (χ3v) is 3.07. The number of ether oxygens (including phenoxy) is 1. The number of thioether (sulfide) groups is 1. The van der Waals surface area contributed by atoms with E-state index < -0.39 is 0 Å². The van der Waals surface area contributed by atoms with Gasteiger partial charge < -0.3 is 4.74 Å². The summed E-state index contributed by atoms with van der Waals surface area (Å²) in [5.74, 6) is 2.81. The molecule has 88 valence electrons. The summed E-state index contributed by atoms with van der Waals surface area (Å²) in [4.78, 5) is 11.4. The molecule has 0 aliphatic carbocycles. The molecule has 0 saturated heterocycles. The predicted molar refractivity (Wildman–Crippen MR) is 69.7 cm³/mol. The summed E-state index contributed by atoms with van der Waals surface area (Å²) in [5.41, 5.74) is 1.77. The monoisotopic (exact) mass is 238 g/mol. The van der Waals surface area contributed by atoms with Crippen LogP contribution in [0.5, 0.6) is 5.75 Å². The SMILES string of the molecule is CCSCCOc1ccc(C)cc1C(C)=O. The second kappa shape index (κ2) is 6.59. The second-order valence-electron chi connectivity index (χ2n) is 3.60. The van der Waals surface area contributed by atoms with E-state index in [-0.39, 0.29) is 5.78 Å². The minimum absolute atomic E-state index is 0.0573. The third-order valence-electron chi connectivity index (χ3n) is 2.20. The number of rotatable bonds is 6. The largest absolute Gasteiger partial charge is 0.492 e. The zero-order chi connectivity index (χ0) is 12.0. The van der Waals surface area contributed by atoms with Crippen molar-refractivity contribution in [3.63, 3.8) is 0 Å². The van der Waals surface area contributed by atoms with Crippen LogP contribution in [0.2, 0.25) is 0 Å². The van der Waals surface area contributed by atoms with E-state index in [0.29, 0.717) is 17.9 Å². The molecular formula is C13H18O2S. The Bertz CT molecular complexity index is 361. The summed E-state index contributed by atoms with van der Waals surface area (Å²) in [6, 6.07) is 5.72. The van der Waals surface area contributed by atoms with Gasteiger partial charge >= 0.3 is 0 Å². The van der Waals surface area contributed by atoms with E-state index >= 15 is 0 Å². The summed E-state index contributed by atoms with van der Waals surface area (Å²) in [6.07, 6.45) is 0. The Morgan fingerprint density at radius 3 is 2.81 bits per heavy atom. The number of carbonyl (C=O) groups is 1. The fourth-order valence-corrected chi connectivity index (χ4v) is 1.89. The molecule has 0 aromatic heterocycles. The molecule has 1 rings (SSSR count). The van der Waals surface area contributed by atoms with Gasteiger partial charge in [-0.1, -0.05) is 18.6 Å². The highest BCUT2D eigenvalue weighted by Gasteiger charge is 2.08. The zero-order valence-corrected chi connectivity index (χ0v) is 10.9. The molecule has 16 heavy (non-hydrogen) atoms. The normalized spacial score (nSPS) is 10.2. The van der Waals surface area contributed by atoms with Gasteiger partial charge in [0.15, 0.2) is 5.78 Å². The Kier molecular flexibility index (Phi) is 5.39. The van der Waals surface area contributed by atoms with E-state index in [2.05, 4.69) is 6.92 Å². The van der Waals surface area contributed by atoms with Crippen LogP contribution in [0.4, 0.5) is 0 Å². The van der Waals surface area contributed by atoms with E-state index in [4.69, 9.17) is 4.74 Å². The Morgan fingerprint density at radius 2 is 2.19 bits per heavy atom. The van der Waals surface area contributed by atoms with Crippen molar-refractivity contribution in [1.82, 2.24) is 0 Å². The lowest BCUT2D eigenvalue weighted by Crippen LogP contribution is -2.05. The first kappa shape index (κ1) is 13.1. The van der Waals surface area contributed by atoms with Gasteiger partial charge in [0.25, 0.3) is 0 Å². The van der Waals surface area contributed by atoms with Gasteiger partial charge in [0, 0.05) is 5.75 Å². The summed E-state index contributed by atoms with van der Waals surface area (Å²) < 4.78 is 5.61. The van der Waals surface area contributed by atoms with E-state index in [1.165, 1.54) is 0 Å². The number of ketones is 1. The van der Waals surface area contributed by atoms with Gasteiger partial charge in [-0.2, -0.15) is 11.8 Å². The average Bonchev–Trinajstić information content (AvgIpc) is 2.26. The van der Waals surface area contributed by atoms with Gasteiger partial charge in [-0.05, 0) is 31.7 Å². The van der Waals surface area contributed by atoms with Crippen molar-refractivity contribution in [3.8, 4) is 5.75 Å². The zero-order valence-electron chi connectivity index (χ0n) is 10.1. The Labute approximate surface area is 101 Å². The highest BCUT2D eigenvalue weighted by atomic mass is 32.2. The number of benzene rings is 1. The molecule has 0 fully saturated rings. The van der Waals surface area contributed by atoms with E-state index in [0.717, 1.165) is 17.1 Å². The molecule has 0 spiro atoms. The fourth-order valence-electron chi connectivity index (χ4n) is 1.40. The number of hydrogen-bond donors (Lipinski definition) is 0. The van der Waals surface area contributed by atoms with Gasteiger partial charge in [0.05, 0.1) is 12.2 Å². The van der Waals surface area contributed by atoms with Crippen LogP contribution in [-0.2, 0) is 0 Å². The summed E-state index contributed by atoms with van der Waals surface area (Å²) in [5, 5.41) is 0. The first-order valence-electron chi connectivity index (χ1n) is 5.47. The molecule has 1 aromatic carbocycles. The van der Waals surface area contributed by atoms with Gasteiger partial charge in [-0.15, -0.1) is 0 Å². The van der Waals surface area contributed by atoms with E-state index in [9.17, 15) is 4.79 Å². The number of Topliss-reactive ketones (excluding diaryl/α,β-unsaturated/α-hetero) is 1. The Hall–Kier alpha value is -0.960. The summed E-state index contributed by atoms with van der Waals surface area (Å²) >= 11 is 1.83. The van der Waals surface area contributed by atoms with Crippen LogP contribution in [0.25, 0.3) is 0 Å². The van der Waals surface area contributed by atoms with Crippen LogP contribution in [0, 0.1) is 6.92 Å². The molecule has 0 bridgehead atoms. The van der Waals surface area contributed by atoms with Crippen LogP contribution in [0.1, 0.15) is 29.8 Å². The molecule has 0 radical (unpaired) electrons. The van der Waals surface area contributed by atoms with Gasteiger partial charge in [0.2, 0.25) is 0 Å². The molecule has 3 heteroatoms. The van der Waals surface area contributed by atoms with Crippen LogP contribution in [0.3, 0.4) is 0 Å². The van der Waals surface area contributed by atoms with Crippen LogP contribution >= 0.6 is 11.8 Å². The van der Waals surface area contributed by atoms with Crippen molar-refractivity contribution in [2.75, 3.05) is 18.1 Å². The maximum Gasteiger partial charge on any atom is 0.163 e. The second-order valence-corrected chi connectivity index (χ2v) is 5.00. The quantitative estimate of drug-likeness (QED) is 0.561. The van der Waals surface area contributed by atoms with Crippen LogP contribution in [0.15, 0.2) is 18.2 Å². The number of aryl methyl sites for hydroxylation is 1. The van der Waals surface area contributed by atoms with Crippen molar-refractivity contribution in [1.29, 1.82) is 0 Å². The Morgan fingerprint density at radius 1 is 1.44 bits per heavy atom. The van der Waals surface area contributed by atoms with Crippen LogP contribution in [-0.4, -0.2) is 23.9 Å². The van der Waals surface area contributed by atoms with Crippen LogP contribution < -0.4 is 4.74 Å². The lowest BCUT2D eigenvalue weighted by atomic mass is 10.1. The maximum absolute atomic E-state index is 11.4. The molecule has 1 aromatic rings. The first-order valence-corrected chi connectivity index (χ1v) is 6.62. The Balaban J connectivity index is 2.67. The molecule has 0 saturated carbocycles. The third kappa shape index (κ3) is 3.89. The molecular weight excluding hydrogens is 220 g/mol. The number of hydrogen-bond acceptors (Lipinski definition) is 3. The molecule has 0 aliphatic heterocycles. The molecule has 0 heterocycles. The molecule has 2 nitrogen and oxygen atoms in total. The molecule has 0 N–H and O–H groups in total. The van der Waals surface area contributed by atoms with Crippen molar-refractivity contribution in [2.24, 2.45) is 0 Å². The minimum Gasteiger partial charge on any atom is -0.492 e. The smallest absolute Gasteiger partial charge is 0.163 e. The first-order chi connectivity index (χ1) is 7.65. The lowest BCUT2D eigenvalue weighted by molar-refractivity contribution is 0.101. The van der Waals surface area contributed by atoms with E-state index in [1.54, 1.807) is 6.92 Å². The average molecular weight is 238 g/mol. The highest BCUT2D eigenvalue weighted by Crippen LogP contribution is 2.20. The van der Waals surface area contributed by atoms with E-state index in [1.807, 2.05) is 36.9 Å². The molecule has 0 amide bonds. The van der Waals surface area contributed by atoms with Crippen molar-refractivity contribution in [2.45, 2.75) is 20.8 Å². The van der Waals surface area contributed by atoms with Crippen molar-refractivity contribution >= 4 is 17.5 Å². The predicted octanol–water partition coefficient (Wildman–Crippen LogP) is 3.33. The van der Waals surface area contributed by atoms with Crippen molar-refractivity contribution in [3.05, 3.63) is 29.3 Å². The van der Waals surface area contributed by atoms with Gasteiger partial charge in [-0.3, -0.25) is 4.79 Å². The van der Waals surface area contributed by atoms with Gasteiger partial charge in [0.1, 0.15) is 5.75 Å². The molecule has 0 atom stereocenters. The fraction of sp³-hybridized carbons (Fsp3) is 0.462. The number of carbonyl (C=O) groups excluding carboxylic acids is 1. The minimum atomic E-state index is 0.0573. The lowest BCUT2D eigenvalue weighted by Gasteiger charge is -2.10. The topological polar surface area (TPSA) is 26.3 Å². The molecule has 0 aliphatic rings.